The quantitative estimate of drug-likeness (QED) is 0.643. The van der Waals surface area contributed by atoms with Crippen molar-refractivity contribution in [2.75, 3.05) is 44.8 Å². The van der Waals surface area contributed by atoms with Gasteiger partial charge in [0.05, 0.1) is 39.9 Å². The molecule has 1 N–H and O–H groups in total. The van der Waals surface area contributed by atoms with Gasteiger partial charge in [0.1, 0.15) is 18.8 Å². The summed E-state index contributed by atoms with van der Waals surface area (Å²) >= 11 is 0. The Morgan fingerprint density at radius 2 is 1.96 bits per heavy atom. The third-order valence-electron chi connectivity index (χ3n) is 4.51. The molecular weight excluding hydrogens is 336 g/mol. The van der Waals surface area contributed by atoms with Gasteiger partial charge < -0.3 is 19.3 Å². The van der Waals surface area contributed by atoms with Crippen molar-refractivity contribution < 1.29 is 19.2 Å². The molecule has 1 aromatic heterocycles. The summed E-state index contributed by atoms with van der Waals surface area (Å²) in [7, 11) is 1.67. The lowest BCUT2D eigenvalue weighted by atomic mass is 10.2. The maximum atomic E-state index is 11.6. The summed E-state index contributed by atoms with van der Waals surface area (Å²) in [5, 5.41) is 11.7. The smallest absolute Gasteiger partial charge is 0.327 e. The Morgan fingerprint density at radius 3 is 2.62 bits per heavy atom. The van der Waals surface area contributed by atoms with Gasteiger partial charge in [-0.2, -0.15) is 0 Å². The van der Waals surface area contributed by atoms with Crippen LogP contribution in [0.1, 0.15) is 12.7 Å². The Kier molecular flexibility index (Phi) is 6.00. The number of rotatable bonds is 7. The third kappa shape index (κ3) is 4.48. The number of piperazine rings is 1. The molecule has 2 heterocycles. The molecule has 1 aromatic carbocycles. The van der Waals surface area contributed by atoms with E-state index in [4.69, 9.17) is 9.47 Å². The molecule has 0 bridgehead atoms. The number of aromatic nitrogens is 4. The van der Waals surface area contributed by atoms with E-state index in [2.05, 4.69) is 32.6 Å². The van der Waals surface area contributed by atoms with Crippen LogP contribution < -0.4 is 14.5 Å². The number of tetrazole rings is 1. The van der Waals surface area contributed by atoms with Crippen molar-refractivity contribution in [3.05, 3.63) is 30.1 Å². The number of esters is 1. The number of benzene rings is 1. The fourth-order valence-corrected chi connectivity index (χ4v) is 3.08. The Hall–Kier alpha value is -2.68. The lowest BCUT2D eigenvalue weighted by Crippen LogP contribution is -3.13. The molecule has 26 heavy (non-hydrogen) atoms. The van der Waals surface area contributed by atoms with Crippen LogP contribution in [0, 0.1) is 0 Å². The number of quaternary nitrogens is 1. The monoisotopic (exact) mass is 361 g/mol. The molecule has 1 fully saturated rings. The standard InChI is InChI=1S/C17H24N6O3/c1-3-26-17(24)13-23-16(18-19-20-23)12-21-8-10-22(11-9-21)14-4-6-15(25-2)7-5-14/h4-7H,3,8-13H2,1-2H3/p+1. The van der Waals surface area contributed by atoms with E-state index >= 15 is 0 Å². The van der Waals surface area contributed by atoms with Crippen LogP contribution in [-0.4, -0.2) is 66.1 Å². The average molecular weight is 361 g/mol. The van der Waals surface area contributed by atoms with E-state index in [0.717, 1.165) is 31.9 Å². The first-order valence-corrected chi connectivity index (χ1v) is 8.83. The molecule has 140 valence electrons. The Balaban J connectivity index is 1.52. The van der Waals surface area contributed by atoms with E-state index < -0.39 is 0 Å². The van der Waals surface area contributed by atoms with Crippen LogP contribution in [-0.2, 0) is 22.6 Å². The fourth-order valence-electron chi connectivity index (χ4n) is 3.08. The highest BCUT2D eigenvalue weighted by Gasteiger charge is 2.23. The van der Waals surface area contributed by atoms with E-state index in [1.807, 2.05) is 12.1 Å². The zero-order valence-electron chi connectivity index (χ0n) is 15.2. The summed E-state index contributed by atoms with van der Waals surface area (Å²) in [6.45, 7) is 6.78. The lowest BCUT2D eigenvalue weighted by molar-refractivity contribution is -0.915. The molecule has 0 spiro atoms. The third-order valence-corrected chi connectivity index (χ3v) is 4.51. The van der Waals surface area contributed by atoms with E-state index in [1.165, 1.54) is 15.3 Å². The minimum Gasteiger partial charge on any atom is -0.497 e. The topological polar surface area (TPSA) is 86.8 Å². The predicted molar refractivity (Wildman–Crippen MR) is 94.1 cm³/mol. The number of carbonyl (C=O) groups is 1. The number of methoxy groups -OCH3 is 1. The van der Waals surface area contributed by atoms with E-state index in [-0.39, 0.29) is 12.5 Å². The summed E-state index contributed by atoms with van der Waals surface area (Å²) in [6, 6.07) is 8.14. The Morgan fingerprint density at radius 1 is 1.23 bits per heavy atom. The predicted octanol–water partition coefficient (Wildman–Crippen LogP) is -0.850. The van der Waals surface area contributed by atoms with Crippen molar-refractivity contribution in [1.29, 1.82) is 0 Å². The molecule has 0 unspecified atom stereocenters. The number of nitrogens with zero attached hydrogens (tertiary/aromatic N) is 5. The maximum absolute atomic E-state index is 11.6. The van der Waals surface area contributed by atoms with Gasteiger partial charge in [-0.05, 0) is 41.6 Å². The zero-order valence-corrected chi connectivity index (χ0v) is 15.2. The Bertz CT molecular complexity index is 710. The first-order chi connectivity index (χ1) is 12.7. The fraction of sp³-hybridized carbons (Fsp3) is 0.529. The van der Waals surface area contributed by atoms with Gasteiger partial charge >= 0.3 is 5.97 Å². The van der Waals surface area contributed by atoms with Crippen molar-refractivity contribution in [3.63, 3.8) is 0 Å². The summed E-state index contributed by atoms with van der Waals surface area (Å²) in [5.41, 5.74) is 1.21. The largest absolute Gasteiger partial charge is 0.497 e. The van der Waals surface area contributed by atoms with Gasteiger partial charge in [0.15, 0.2) is 0 Å². The number of ether oxygens (including phenoxy) is 2. The molecule has 0 amide bonds. The van der Waals surface area contributed by atoms with Gasteiger partial charge in [-0.1, -0.05) is 0 Å². The number of carbonyl (C=O) groups excluding carboxylic acids is 1. The summed E-state index contributed by atoms with van der Waals surface area (Å²) in [4.78, 5) is 15.4. The van der Waals surface area contributed by atoms with E-state index in [0.29, 0.717) is 19.0 Å². The molecule has 3 rings (SSSR count). The van der Waals surface area contributed by atoms with Crippen LogP contribution in [0.25, 0.3) is 0 Å². The van der Waals surface area contributed by atoms with Gasteiger partial charge in [0.25, 0.3) is 0 Å². The van der Waals surface area contributed by atoms with Crippen LogP contribution in [0.5, 0.6) is 5.75 Å². The molecule has 0 radical (unpaired) electrons. The van der Waals surface area contributed by atoms with E-state index in [1.54, 1.807) is 14.0 Å². The van der Waals surface area contributed by atoms with Gasteiger partial charge in [-0.15, -0.1) is 5.10 Å². The highest BCUT2D eigenvalue weighted by Crippen LogP contribution is 2.18. The van der Waals surface area contributed by atoms with E-state index in [9.17, 15) is 4.79 Å². The first kappa shape index (κ1) is 18.1. The highest BCUT2D eigenvalue weighted by molar-refractivity contribution is 5.69. The molecule has 9 nitrogen and oxygen atoms in total. The van der Waals surface area contributed by atoms with Crippen molar-refractivity contribution in [2.24, 2.45) is 0 Å². The van der Waals surface area contributed by atoms with Crippen LogP contribution in [0.4, 0.5) is 5.69 Å². The zero-order chi connectivity index (χ0) is 18.4. The second-order valence-corrected chi connectivity index (χ2v) is 6.17. The van der Waals surface area contributed by atoms with Crippen molar-refractivity contribution in [3.8, 4) is 5.75 Å². The van der Waals surface area contributed by atoms with Crippen LogP contribution in [0.2, 0.25) is 0 Å². The SMILES string of the molecule is CCOC(=O)Cn1nnnc1C[NH+]1CCN(c2ccc(OC)cc2)CC1. The van der Waals surface area contributed by atoms with Crippen LogP contribution in [0.3, 0.4) is 0 Å². The maximum Gasteiger partial charge on any atom is 0.327 e. The molecule has 9 heteroatoms. The number of hydrogen-bond donors (Lipinski definition) is 1. The number of hydrogen-bond acceptors (Lipinski definition) is 7. The van der Waals surface area contributed by atoms with Crippen LogP contribution in [0.15, 0.2) is 24.3 Å². The first-order valence-electron chi connectivity index (χ1n) is 8.83. The van der Waals surface area contributed by atoms with Gasteiger partial charge in [-0.25, -0.2) is 4.68 Å². The minimum absolute atomic E-state index is 0.0570. The van der Waals surface area contributed by atoms with Crippen molar-refractivity contribution in [2.45, 2.75) is 20.0 Å². The Labute approximate surface area is 152 Å². The lowest BCUT2D eigenvalue weighted by Gasteiger charge is -2.33. The molecule has 1 aliphatic rings. The second kappa shape index (κ2) is 8.61. The average Bonchev–Trinajstić information content (AvgIpc) is 3.09. The molecule has 0 saturated carbocycles. The normalized spacial score (nSPS) is 15.1. The van der Waals surface area contributed by atoms with Crippen molar-refractivity contribution in [1.82, 2.24) is 20.2 Å². The molecule has 2 aromatic rings. The summed E-state index contributed by atoms with van der Waals surface area (Å²) in [5.74, 6) is 1.26. The molecule has 1 saturated heterocycles. The van der Waals surface area contributed by atoms with Crippen LogP contribution >= 0.6 is 0 Å². The second-order valence-electron chi connectivity index (χ2n) is 6.17. The van der Waals surface area contributed by atoms with Gasteiger partial charge in [0, 0.05) is 5.69 Å². The summed E-state index contributed by atoms with van der Waals surface area (Å²) in [6.07, 6.45) is 0. The molecule has 0 aliphatic carbocycles. The number of anilines is 1. The number of nitrogens with one attached hydrogen (secondary N) is 1. The molecular formula is C17H25N6O3+. The summed E-state index contributed by atoms with van der Waals surface area (Å²) < 4.78 is 11.7. The molecule has 0 atom stereocenters. The highest BCUT2D eigenvalue weighted by atomic mass is 16.5. The minimum atomic E-state index is -0.319. The molecule has 1 aliphatic heterocycles. The van der Waals surface area contributed by atoms with Gasteiger partial charge in [-0.3, -0.25) is 4.79 Å². The van der Waals surface area contributed by atoms with Crippen molar-refractivity contribution >= 4 is 11.7 Å². The van der Waals surface area contributed by atoms with Gasteiger partial charge in [0.2, 0.25) is 5.82 Å².